The van der Waals surface area contributed by atoms with Crippen molar-refractivity contribution in [1.82, 2.24) is 14.8 Å². The normalized spacial score (nSPS) is 11.5. The lowest BCUT2D eigenvalue weighted by molar-refractivity contribution is 0.734. The van der Waals surface area contributed by atoms with Crippen LogP contribution in [-0.2, 0) is 6.42 Å². The predicted molar refractivity (Wildman–Crippen MR) is 141 cm³/mol. The van der Waals surface area contributed by atoms with Crippen LogP contribution >= 0.6 is 0 Å². The Bertz CT molecular complexity index is 1380. The van der Waals surface area contributed by atoms with E-state index in [4.69, 9.17) is 11.0 Å². The molecule has 0 fully saturated rings. The minimum absolute atomic E-state index is 0.353. The highest BCUT2D eigenvalue weighted by atomic mass is 16.2. The van der Waals surface area contributed by atoms with Gasteiger partial charge >= 0.3 is 5.69 Å². The smallest absolute Gasteiger partial charge is 0.349 e. The molecule has 0 atom stereocenters. The average molecular weight is 472 g/mol. The van der Waals surface area contributed by atoms with Gasteiger partial charge < -0.3 is 5.73 Å². The third-order valence-corrected chi connectivity index (χ3v) is 6.20. The Balaban J connectivity index is 1.97. The topological polar surface area (TPSA) is 118 Å². The molecule has 0 aliphatic heterocycles. The third-order valence-electron chi connectivity index (χ3n) is 6.20. The van der Waals surface area contributed by atoms with Crippen LogP contribution in [0.4, 0.5) is 5.69 Å². The molecule has 0 unspecified atom stereocenters. The minimum Gasteiger partial charge on any atom is -0.398 e. The summed E-state index contributed by atoms with van der Waals surface area (Å²) >= 11 is 0. The van der Waals surface area contributed by atoms with Crippen molar-refractivity contribution in [2.24, 2.45) is 0 Å². The summed E-state index contributed by atoms with van der Waals surface area (Å²) in [6, 6.07) is 11.7. The number of nitrogens with one attached hydrogen (secondary N) is 1. The number of rotatable bonds is 9. The van der Waals surface area contributed by atoms with Crippen molar-refractivity contribution >= 4 is 11.3 Å². The number of allylic oxidation sites excluding steroid dienone is 2. The summed E-state index contributed by atoms with van der Waals surface area (Å²) in [6.07, 6.45) is 8.52. The van der Waals surface area contributed by atoms with E-state index >= 15 is 0 Å². The predicted octanol–water partition coefficient (Wildman–Crippen LogP) is 4.96. The van der Waals surface area contributed by atoms with Crippen molar-refractivity contribution in [3.05, 3.63) is 90.8 Å². The van der Waals surface area contributed by atoms with Gasteiger partial charge in [0.25, 0.3) is 5.56 Å². The number of aromatic nitrogens is 3. The molecule has 0 amide bonds. The molecule has 3 aromatic rings. The Labute approximate surface area is 205 Å². The Morgan fingerprint density at radius 1 is 1.14 bits per heavy atom. The molecule has 0 aliphatic rings. The quantitative estimate of drug-likeness (QED) is 0.338. The Morgan fingerprint density at radius 2 is 1.86 bits per heavy atom. The molecular formula is C28H33N5O2. The molecule has 0 saturated heterocycles. The molecule has 2 aromatic carbocycles. The summed E-state index contributed by atoms with van der Waals surface area (Å²) in [4.78, 5) is 26.1. The fourth-order valence-electron chi connectivity index (χ4n) is 4.37. The number of benzene rings is 2. The van der Waals surface area contributed by atoms with E-state index in [9.17, 15) is 9.59 Å². The van der Waals surface area contributed by atoms with Crippen molar-refractivity contribution in [3.63, 3.8) is 0 Å². The maximum Gasteiger partial charge on any atom is 0.349 e. The lowest BCUT2D eigenvalue weighted by atomic mass is 9.91. The van der Waals surface area contributed by atoms with Crippen molar-refractivity contribution in [3.8, 4) is 11.8 Å². The summed E-state index contributed by atoms with van der Waals surface area (Å²) in [5.41, 5.74) is 12.6. The van der Waals surface area contributed by atoms with Crippen LogP contribution in [0.1, 0.15) is 79.5 Å². The Kier molecular flexibility index (Phi) is 8.43. The molecule has 0 bridgehead atoms. The van der Waals surface area contributed by atoms with Gasteiger partial charge in [0, 0.05) is 11.3 Å². The van der Waals surface area contributed by atoms with Gasteiger partial charge in [0.2, 0.25) is 5.69 Å². The minimum atomic E-state index is -0.788. The second-order valence-corrected chi connectivity index (χ2v) is 8.88. The zero-order valence-corrected chi connectivity index (χ0v) is 20.9. The van der Waals surface area contributed by atoms with Crippen LogP contribution in [-0.4, -0.2) is 14.8 Å². The number of aryl methyl sites for hydroxylation is 2. The van der Waals surface area contributed by atoms with Gasteiger partial charge in [-0.25, -0.2) is 4.79 Å². The number of aromatic amines is 1. The number of hydrogen-bond acceptors (Lipinski definition) is 5. The largest absolute Gasteiger partial charge is 0.398 e. The molecule has 7 nitrogen and oxygen atoms in total. The fourth-order valence-corrected chi connectivity index (χ4v) is 4.37. The fraction of sp³-hybridized carbons (Fsp3) is 0.357. The van der Waals surface area contributed by atoms with Crippen LogP contribution in [0.3, 0.4) is 0 Å². The molecule has 7 heteroatoms. The molecule has 0 aliphatic carbocycles. The zero-order chi connectivity index (χ0) is 25.5. The molecule has 0 radical (unpaired) electrons. The molecule has 1 heterocycles. The first-order chi connectivity index (χ1) is 16.8. The van der Waals surface area contributed by atoms with Gasteiger partial charge in [-0.1, -0.05) is 38.8 Å². The number of unbranched alkanes of at least 4 members (excludes halogenated alkanes) is 2. The molecule has 3 rings (SSSR count). The van der Waals surface area contributed by atoms with E-state index in [1.54, 1.807) is 6.07 Å². The first kappa shape index (κ1) is 25.7. The summed E-state index contributed by atoms with van der Waals surface area (Å²) in [5, 5.41) is 13.0. The van der Waals surface area contributed by atoms with Crippen LogP contribution < -0.4 is 17.0 Å². The highest BCUT2D eigenvalue weighted by molar-refractivity contribution is 5.75. The maximum atomic E-state index is 12.3. The highest BCUT2D eigenvalue weighted by Crippen LogP contribution is 2.30. The number of anilines is 1. The summed E-state index contributed by atoms with van der Waals surface area (Å²) in [7, 11) is 0. The Morgan fingerprint density at radius 3 is 2.49 bits per heavy atom. The number of nitriles is 1. The van der Waals surface area contributed by atoms with Crippen molar-refractivity contribution in [1.29, 1.82) is 5.26 Å². The first-order valence-corrected chi connectivity index (χ1v) is 12.1. The van der Waals surface area contributed by atoms with Gasteiger partial charge in [-0.05, 0) is 91.6 Å². The van der Waals surface area contributed by atoms with E-state index in [0.29, 0.717) is 5.69 Å². The summed E-state index contributed by atoms with van der Waals surface area (Å²) in [5.74, 6) is 0. The SMILES string of the molecule is CC/C=C(\CCCCC)c1cc(Cc2c(C)cc(-n3nc(C#N)c(=O)[nH]c3=O)cc2C)ccc1N. The number of nitrogens with zero attached hydrogens (tertiary/aromatic N) is 3. The highest BCUT2D eigenvalue weighted by Gasteiger charge is 2.13. The maximum absolute atomic E-state index is 12.3. The average Bonchev–Trinajstić information content (AvgIpc) is 2.82. The molecule has 3 N–H and O–H groups in total. The second-order valence-electron chi connectivity index (χ2n) is 8.88. The first-order valence-electron chi connectivity index (χ1n) is 12.1. The van der Waals surface area contributed by atoms with Gasteiger partial charge in [0.05, 0.1) is 5.69 Å². The van der Waals surface area contributed by atoms with E-state index in [1.165, 1.54) is 18.4 Å². The monoisotopic (exact) mass is 471 g/mol. The van der Waals surface area contributed by atoms with E-state index in [0.717, 1.165) is 63.9 Å². The number of hydrogen-bond donors (Lipinski definition) is 2. The van der Waals surface area contributed by atoms with Crippen molar-refractivity contribution in [2.45, 2.75) is 66.2 Å². The van der Waals surface area contributed by atoms with Crippen LogP contribution in [0.25, 0.3) is 11.3 Å². The number of nitrogen functional groups attached to an aromatic ring is 1. The third kappa shape index (κ3) is 5.96. The second kappa shape index (κ2) is 11.5. The van der Waals surface area contributed by atoms with E-state index in [2.05, 4.69) is 42.1 Å². The van der Waals surface area contributed by atoms with Crippen LogP contribution in [0.2, 0.25) is 0 Å². The van der Waals surface area contributed by atoms with Gasteiger partial charge in [-0.15, -0.1) is 5.10 Å². The molecular weight excluding hydrogens is 438 g/mol. The lowest BCUT2D eigenvalue weighted by Crippen LogP contribution is -2.33. The summed E-state index contributed by atoms with van der Waals surface area (Å²) < 4.78 is 1.06. The van der Waals surface area contributed by atoms with Gasteiger partial charge in [0.1, 0.15) is 6.07 Å². The van der Waals surface area contributed by atoms with Gasteiger partial charge in [0.15, 0.2) is 0 Å². The summed E-state index contributed by atoms with van der Waals surface area (Å²) in [6.45, 7) is 8.33. The molecule has 182 valence electrons. The van der Waals surface area contributed by atoms with Gasteiger partial charge in [-0.2, -0.15) is 9.94 Å². The molecule has 0 spiro atoms. The van der Waals surface area contributed by atoms with E-state index in [-0.39, 0.29) is 5.69 Å². The van der Waals surface area contributed by atoms with Crippen molar-refractivity contribution in [2.75, 3.05) is 5.73 Å². The van der Waals surface area contributed by atoms with E-state index < -0.39 is 11.2 Å². The Hall–Kier alpha value is -3.92. The lowest BCUT2D eigenvalue weighted by Gasteiger charge is -2.16. The molecule has 0 saturated carbocycles. The zero-order valence-electron chi connectivity index (χ0n) is 20.9. The van der Waals surface area contributed by atoms with E-state index in [1.807, 2.05) is 32.0 Å². The molecule has 35 heavy (non-hydrogen) atoms. The van der Waals surface area contributed by atoms with Gasteiger partial charge in [-0.3, -0.25) is 9.78 Å². The van der Waals surface area contributed by atoms with Crippen molar-refractivity contribution < 1.29 is 0 Å². The number of nitrogens with two attached hydrogens (primary N) is 1. The van der Waals surface area contributed by atoms with Crippen LogP contribution in [0.15, 0.2) is 46.0 Å². The standard InChI is InChI=1S/C28H33N5O2/c1-5-7-8-10-21(9-6-2)24-16-20(11-12-25(24)30)15-23-18(3)13-22(14-19(23)4)33-28(35)31-27(34)26(17-29)32-33/h9,11-14,16H,5-8,10,15,30H2,1-4H3,(H,31,34,35)/b21-9+. The molecule has 1 aromatic heterocycles. The van der Waals surface area contributed by atoms with Crippen LogP contribution in [0, 0.1) is 25.2 Å². The van der Waals surface area contributed by atoms with Crippen LogP contribution in [0.5, 0.6) is 0 Å². The number of H-pyrrole nitrogens is 1.